The molecule has 0 aromatic heterocycles. The molecule has 0 spiro atoms. The van der Waals surface area contributed by atoms with Crippen molar-refractivity contribution in [3.8, 4) is 0 Å². The van der Waals surface area contributed by atoms with Crippen molar-refractivity contribution in [2.45, 2.75) is 25.2 Å². The second-order valence-corrected chi connectivity index (χ2v) is 4.71. The van der Waals surface area contributed by atoms with Crippen LogP contribution in [0, 0.1) is 6.92 Å². The maximum atomic E-state index is 11.4. The van der Waals surface area contributed by atoms with Crippen molar-refractivity contribution in [2.75, 3.05) is 18.0 Å². The highest BCUT2D eigenvalue weighted by Gasteiger charge is 2.02. The third-order valence-electron chi connectivity index (χ3n) is 2.18. The molecule has 88 valence electrons. The summed E-state index contributed by atoms with van der Waals surface area (Å²) in [4.78, 5) is 12.5. The van der Waals surface area contributed by atoms with Crippen LogP contribution in [0.3, 0.4) is 0 Å². The van der Waals surface area contributed by atoms with Crippen molar-refractivity contribution < 1.29 is 4.79 Å². The van der Waals surface area contributed by atoms with Crippen molar-refractivity contribution in [1.82, 2.24) is 5.32 Å². The Labute approximate surface area is 101 Å². The molecule has 0 bridgehead atoms. The van der Waals surface area contributed by atoms with Crippen molar-refractivity contribution in [3.05, 3.63) is 23.8 Å². The molecule has 0 saturated heterocycles. The van der Waals surface area contributed by atoms with Gasteiger partial charge in [0.15, 0.2) is 0 Å². The number of thioether (sulfide) groups is 1. The standard InChI is InChI=1S/C12H18N2OS/c1-3-6-14-12(15)8-16-10-4-5-11(13)9(2)7-10/h4-5,7H,3,6,8,13H2,1-2H3,(H,14,15). The summed E-state index contributed by atoms with van der Waals surface area (Å²) in [5.41, 5.74) is 7.57. The minimum Gasteiger partial charge on any atom is -0.399 e. The molecule has 0 atom stereocenters. The van der Waals surface area contributed by atoms with Crippen molar-refractivity contribution in [1.29, 1.82) is 0 Å². The molecule has 3 N–H and O–H groups in total. The van der Waals surface area contributed by atoms with Crippen LogP contribution in [0.25, 0.3) is 0 Å². The highest BCUT2D eigenvalue weighted by molar-refractivity contribution is 8.00. The molecule has 0 saturated carbocycles. The minimum atomic E-state index is 0.0846. The molecule has 0 aliphatic carbocycles. The number of hydrogen-bond acceptors (Lipinski definition) is 3. The predicted molar refractivity (Wildman–Crippen MR) is 69.6 cm³/mol. The van der Waals surface area contributed by atoms with Crippen LogP contribution < -0.4 is 11.1 Å². The number of nitrogen functional groups attached to an aromatic ring is 1. The molecular weight excluding hydrogens is 220 g/mol. The van der Waals surface area contributed by atoms with E-state index in [0.717, 1.165) is 29.1 Å². The van der Waals surface area contributed by atoms with Gasteiger partial charge in [-0.2, -0.15) is 0 Å². The number of anilines is 1. The van der Waals surface area contributed by atoms with Gasteiger partial charge in [-0.15, -0.1) is 11.8 Å². The highest BCUT2D eigenvalue weighted by atomic mass is 32.2. The topological polar surface area (TPSA) is 55.1 Å². The summed E-state index contributed by atoms with van der Waals surface area (Å²) in [6.45, 7) is 4.76. The zero-order valence-corrected chi connectivity index (χ0v) is 10.6. The van der Waals surface area contributed by atoms with E-state index in [4.69, 9.17) is 5.73 Å². The van der Waals surface area contributed by atoms with Crippen LogP contribution in [0.5, 0.6) is 0 Å². The Hall–Kier alpha value is -1.16. The number of amides is 1. The van der Waals surface area contributed by atoms with Crippen molar-refractivity contribution in [2.24, 2.45) is 0 Å². The number of benzene rings is 1. The van der Waals surface area contributed by atoms with E-state index in [1.165, 1.54) is 11.8 Å². The summed E-state index contributed by atoms with van der Waals surface area (Å²) in [5.74, 6) is 0.546. The number of carbonyl (C=O) groups excluding carboxylic acids is 1. The first-order valence-corrected chi connectivity index (χ1v) is 6.37. The van der Waals surface area contributed by atoms with Crippen LogP contribution in [0.15, 0.2) is 23.1 Å². The quantitative estimate of drug-likeness (QED) is 0.611. The number of aryl methyl sites for hydroxylation is 1. The molecule has 0 fully saturated rings. The third kappa shape index (κ3) is 4.14. The Balaban J connectivity index is 2.42. The van der Waals surface area contributed by atoms with Gasteiger partial charge < -0.3 is 11.1 Å². The van der Waals surface area contributed by atoms with E-state index in [-0.39, 0.29) is 5.91 Å². The van der Waals surface area contributed by atoms with Crippen molar-refractivity contribution >= 4 is 23.4 Å². The largest absolute Gasteiger partial charge is 0.399 e. The summed E-state index contributed by atoms with van der Waals surface area (Å²) in [6.07, 6.45) is 0.970. The number of nitrogens with one attached hydrogen (secondary N) is 1. The van der Waals surface area contributed by atoms with Gasteiger partial charge in [0.2, 0.25) is 5.91 Å². The highest BCUT2D eigenvalue weighted by Crippen LogP contribution is 2.22. The third-order valence-corrected chi connectivity index (χ3v) is 3.18. The molecule has 0 radical (unpaired) electrons. The predicted octanol–water partition coefficient (Wildman–Crippen LogP) is 2.20. The number of rotatable bonds is 5. The second-order valence-electron chi connectivity index (χ2n) is 3.66. The molecular formula is C12H18N2OS. The Bertz CT molecular complexity index is 366. The Kier molecular flexibility index (Phi) is 5.19. The molecule has 0 unspecified atom stereocenters. The van der Waals surface area contributed by atoms with E-state index in [1.54, 1.807) is 0 Å². The Morgan fingerprint density at radius 1 is 1.50 bits per heavy atom. The van der Waals surface area contributed by atoms with Gasteiger partial charge in [0.1, 0.15) is 0 Å². The first kappa shape index (κ1) is 12.9. The van der Waals surface area contributed by atoms with Crippen LogP contribution in [0.2, 0.25) is 0 Å². The summed E-state index contributed by atoms with van der Waals surface area (Å²) >= 11 is 1.53. The Morgan fingerprint density at radius 2 is 2.25 bits per heavy atom. The lowest BCUT2D eigenvalue weighted by atomic mass is 10.2. The summed E-state index contributed by atoms with van der Waals surface area (Å²) in [7, 11) is 0. The summed E-state index contributed by atoms with van der Waals surface area (Å²) < 4.78 is 0. The first-order valence-electron chi connectivity index (χ1n) is 5.39. The second kappa shape index (κ2) is 6.43. The van der Waals surface area contributed by atoms with Gasteiger partial charge in [0, 0.05) is 17.1 Å². The fraction of sp³-hybridized carbons (Fsp3) is 0.417. The number of hydrogen-bond donors (Lipinski definition) is 2. The first-order chi connectivity index (χ1) is 7.63. The number of carbonyl (C=O) groups is 1. The average molecular weight is 238 g/mol. The lowest BCUT2D eigenvalue weighted by Gasteiger charge is -2.05. The van der Waals surface area contributed by atoms with Crippen LogP contribution >= 0.6 is 11.8 Å². The summed E-state index contributed by atoms with van der Waals surface area (Å²) in [6, 6.07) is 5.83. The van der Waals surface area contributed by atoms with Gasteiger partial charge in [-0.05, 0) is 37.1 Å². The van der Waals surface area contributed by atoms with Crippen LogP contribution in [0.1, 0.15) is 18.9 Å². The van der Waals surface area contributed by atoms with Gasteiger partial charge in [0.05, 0.1) is 5.75 Å². The SMILES string of the molecule is CCCNC(=O)CSc1ccc(N)c(C)c1. The average Bonchev–Trinajstić information content (AvgIpc) is 2.28. The van der Waals surface area contributed by atoms with Crippen molar-refractivity contribution in [3.63, 3.8) is 0 Å². The lowest BCUT2D eigenvalue weighted by Crippen LogP contribution is -2.25. The fourth-order valence-corrected chi connectivity index (χ4v) is 2.03. The summed E-state index contributed by atoms with van der Waals surface area (Å²) in [5, 5.41) is 2.84. The van der Waals surface area contributed by atoms with Crippen LogP contribution in [-0.2, 0) is 4.79 Å². The van der Waals surface area contributed by atoms with Crippen LogP contribution in [-0.4, -0.2) is 18.2 Å². The van der Waals surface area contributed by atoms with E-state index in [2.05, 4.69) is 5.32 Å². The van der Waals surface area contributed by atoms with E-state index in [1.807, 2.05) is 32.0 Å². The Morgan fingerprint density at radius 3 is 2.88 bits per heavy atom. The maximum Gasteiger partial charge on any atom is 0.230 e. The normalized spacial score (nSPS) is 10.1. The van der Waals surface area contributed by atoms with Gasteiger partial charge >= 0.3 is 0 Å². The molecule has 1 rings (SSSR count). The fourth-order valence-electron chi connectivity index (χ4n) is 1.20. The molecule has 0 aliphatic heterocycles. The monoisotopic (exact) mass is 238 g/mol. The van der Waals surface area contributed by atoms with E-state index in [9.17, 15) is 4.79 Å². The molecule has 1 amide bonds. The lowest BCUT2D eigenvalue weighted by molar-refractivity contribution is -0.118. The molecule has 1 aromatic carbocycles. The molecule has 3 nitrogen and oxygen atoms in total. The molecule has 0 aliphatic rings. The minimum absolute atomic E-state index is 0.0846. The van der Waals surface area contributed by atoms with E-state index < -0.39 is 0 Å². The number of nitrogens with two attached hydrogens (primary N) is 1. The van der Waals surface area contributed by atoms with E-state index >= 15 is 0 Å². The molecule has 0 heterocycles. The van der Waals surface area contributed by atoms with Crippen LogP contribution in [0.4, 0.5) is 5.69 Å². The van der Waals surface area contributed by atoms with Gasteiger partial charge in [-0.1, -0.05) is 6.92 Å². The zero-order valence-electron chi connectivity index (χ0n) is 9.75. The zero-order chi connectivity index (χ0) is 12.0. The van der Waals surface area contributed by atoms with Gasteiger partial charge in [-0.25, -0.2) is 0 Å². The molecule has 16 heavy (non-hydrogen) atoms. The van der Waals surface area contributed by atoms with E-state index in [0.29, 0.717) is 5.75 Å². The van der Waals surface area contributed by atoms with Gasteiger partial charge in [0.25, 0.3) is 0 Å². The molecule has 4 heteroatoms. The van der Waals surface area contributed by atoms with Gasteiger partial charge in [-0.3, -0.25) is 4.79 Å². The maximum absolute atomic E-state index is 11.4. The molecule has 1 aromatic rings. The smallest absolute Gasteiger partial charge is 0.230 e.